The van der Waals surface area contributed by atoms with Crippen LogP contribution in [-0.4, -0.2) is 22.2 Å². The quantitative estimate of drug-likeness (QED) is 0.928. The minimum Gasteiger partial charge on any atom is -0.488 e. The lowest BCUT2D eigenvalue weighted by molar-refractivity contribution is 0.0682. The lowest BCUT2D eigenvalue weighted by Gasteiger charge is -2.15. The van der Waals surface area contributed by atoms with Gasteiger partial charge in [-0.25, -0.2) is 9.78 Å². The molecule has 4 heteroatoms. The SMILES string of the molecule is O=C(O)c1nc(-c2ccccc2)ccc1OC1CCCC1. The third kappa shape index (κ3) is 3.05. The number of carboxylic acids is 1. The maximum atomic E-state index is 11.4. The maximum absolute atomic E-state index is 11.4. The summed E-state index contributed by atoms with van der Waals surface area (Å²) in [5, 5.41) is 9.37. The van der Waals surface area contributed by atoms with Crippen LogP contribution in [0.1, 0.15) is 36.2 Å². The van der Waals surface area contributed by atoms with Crippen LogP contribution in [0.5, 0.6) is 5.75 Å². The predicted octanol–water partition coefficient (Wildman–Crippen LogP) is 3.77. The highest BCUT2D eigenvalue weighted by Gasteiger charge is 2.21. The van der Waals surface area contributed by atoms with E-state index >= 15 is 0 Å². The third-order valence-corrected chi connectivity index (χ3v) is 3.73. The van der Waals surface area contributed by atoms with E-state index in [0.29, 0.717) is 11.4 Å². The van der Waals surface area contributed by atoms with E-state index in [-0.39, 0.29) is 11.8 Å². The molecule has 1 fully saturated rings. The fourth-order valence-corrected chi connectivity index (χ4v) is 2.65. The molecule has 0 bridgehead atoms. The second-order valence-electron chi connectivity index (χ2n) is 5.24. The highest BCUT2D eigenvalue weighted by atomic mass is 16.5. The Balaban J connectivity index is 1.92. The fourth-order valence-electron chi connectivity index (χ4n) is 2.65. The second-order valence-corrected chi connectivity index (χ2v) is 5.24. The molecule has 0 atom stereocenters. The number of ether oxygens (including phenoxy) is 1. The Hall–Kier alpha value is -2.36. The van der Waals surface area contributed by atoms with Crippen LogP contribution in [0, 0.1) is 0 Å². The van der Waals surface area contributed by atoms with Crippen molar-refractivity contribution in [1.29, 1.82) is 0 Å². The van der Waals surface area contributed by atoms with Gasteiger partial charge in [-0.1, -0.05) is 30.3 Å². The van der Waals surface area contributed by atoms with Gasteiger partial charge in [0, 0.05) is 5.56 Å². The number of rotatable bonds is 4. The zero-order valence-corrected chi connectivity index (χ0v) is 11.7. The average molecular weight is 283 g/mol. The van der Waals surface area contributed by atoms with Crippen molar-refractivity contribution in [3.8, 4) is 17.0 Å². The Kier molecular flexibility index (Phi) is 3.86. The summed E-state index contributed by atoms with van der Waals surface area (Å²) in [6.45, 7) is 0. The zero-order chi connectivity index (χ0) is 14.7. The molecule has 1 aliphatic rings. The lowest BCUT2D eigenvalue weighted by Crippen LogP contribution is -2.14. The van der Waals surface area contributed by atoms with Gasteiger partial charge in [0.25, 0.3) is 0 Å². The predicted molar refractivity (Wildman–Crippen MR) is 79.5 cm³/mol. The molecule has 0 unspecified atom stereocenters. The Morgan fingerprint density at radius 1 is 1.10 bits per heavy atom. The first kappa shape index (κ1) is 13.6. The largest absolute Gasteiger partial charge is 0.488 e. The van der Waals surface area contributed by atoms with Gasteiger partial charge in [-0.15, -0.1) is 0 Å². The van der Waals surface area contributed by atoms with Crippen molar-refractivity contribution in [3.05, 3.63) is 48.2 Å². The Bertz CT molecular complexity index is 634. The van der Waals surface area contributed by atoms with Gasteiger partial charge in [-0.05, 0) is 37.8 Å². The summed E-state index contributed by atoms with van der Waals surface area (Å²) in [5.41, 5.74) is 1.53. The summed E-state index contributed by atoms with van der Waals surface area (Å²) in [6.07, 6.45) is 4.37. The molecule has 21 heavy (non-hydrogen) atoms. The van der Waals surface area contributed by atoms with E-state index in [9.17, 15) is 9.90 Å². The lowest BCUT2D eigenvalue weighted by atomic mass is 10.1. The first-order valence-electron chi connectivity index (χ1n) is 7.20. The van der Waals surface area contributed by atoms with Gasteiger partial charge in [-0.3, -0.25) is 0 Å². The molecule has 0 saturated heterocycles. The summed E-state index contributed by atoms with van der Waals surface area (Å²) in [7, 11) is 0. The van der Waals surface area contributed by atoms with E-state index in [1.807, 2.05) is 36.4 Å². The van der Waals surface area contributed by atoms with Gasteiger partial charge in [-0.2, -0.15) is 0 Å². The van der Waals surface area contributed by atoms with Crippen LogP contribution in [0.4, 0.5) is 0 Å². The molecule has 1 heterocycles. The van der Waals surface area contributed by atoms with Crippen LogP contribution in [0.15, 0.2) is 42.5 Å². The summed E-state index contributed by atoms with van der Waals surface area (Å²) in [6, 6.07) is 13.1. The molecule has 1 aromatic carbocycles. The minimum absolute atomic E-state index is 0.0109. The van der Waals surface area contributed by atoms with Crippen LogP contribution < -0.4 is 4.74 Å². The molecular weight excluding hydrogens is 266 g/mol. The van der Waals surface area contributed by atoms with E-state index in [0.717, 1.165) is 31.2 Å². The molecule has 1 aromatic heterocycles. The van der Waals surface area contributed by atoms with Gasteiger partial charge < -0.3 is 9.84 Å². The molecule has 0 aliphatic heterocycles. The number of carbonyl (C=O) groups is 1. The summed E-state index contributed by atoms with van der Waals surface area (Å²) < 4.78 is 5.82. The highest BCUT2D eigenvalue weighted by molar-refractivity contribution is 5.89. The van der Waals surface area contributed by atoms with Crippen molar-refractivity contribution in [2.75, 3.05) is 0 Å². The highest BCUT2D eigenvalue weighted by Crippen LogP contribution is 2.28. The van der Waals surface area contributed by atoms with E-state index < -0.39 is 5.97 Å². The van der Waals surface area contributed by atoms with Gasteiger partial charge in [0.15, 0.2) is 11.4 Å². The number of hydrogen-bond donors (Lipinski definition) is 1. The number of aromatic nitrogens is 1. The van der Waals surface area contributed by atoms with Gasteiger partial charge in [0.1, 0.15) is 0 Å². The number of carboxylic acid groups (broad SMARTS) is 1. The smallest absolute Gasteiger partial charge is 0.358 e. The Morgan fingerprint density at radius 3 is 2.48 bits per heavy atom. The van der Waals surface area contributed by atoms with Crippen LogP contribution in [0.2, 0.25) is 0 Å². The van der Waals surface area contributed by atoms with Gasteiger partial charge >= 0.3 is 5.97 Å². The summed E-state index contributed by atoms with van der Waals surface area (Å²) in [5.74, 6) is -0.685. The van der Waals surface area contributed by atoms with Crippen molar-refractivity contribution in [3.63, 3.8) is 0 Å². The average Bonchev–Trinajstić information content (AvgIpc) is 3.01. The van der Waals surface area contributed by atoms with Crippen molar-refractivity contribution in [1.82, 2.24) is 4.98 Å². The van der Waals surface area contributed by atoms with Crippen molar-refractivity contribution in [2.45, 2.75) is 31.8 Å². The fraction of sp³-hybridized carbons (Fsp3) is 0.294. The molecule has 0 spiro atoms. The molecule has 4 nitrogen and oxygen atoms in total. The standard InChI is InChI=1S/C17H17NO3/c19-17(20)16-15(21-13-8-4-5-9-13)11-10-14(18-16)12-6-2-1-3-7-12/h1-3,6-7,10-11,13H,4-5,8-9H2,(H,19,20). The molecule has 3 rings (SSSR count). The summed E-state index contributed by atoms with van der Waals surface area (Å²) in [4.78, 5) is 15.7. The normalized spacial score (nSPS) is 15.0. The van der Waals surface area contributed by atoms with Crippen LogP contribution in [0.3, 0.4) is 0 Å². The number of benzene rings is 1. The van der Waals surface area contributed by atoms with E-state index in [4.69, 9.17) is 4.74 Å². The first-order valence-corrected chi connectivity index (χ1v) is 7.20. The summed E-state index contributed by atoms with van der Waals surface area (Å²) >= 11 is 0. The minimum atomic E-state index is -1.05. The monoisotopic (exact) mass is 283 g/mol. The number of pyridine rings is 1. The third-order valence-electron chi connectivity index (χ3n) is 3.73. The molecule has 0 radical (unpaired) electrons. The molecule has 1 N–H and O–H groups in total. The molecule has 2 aromatic rings. The topological polar surface area (TPSA) is 59.4 Å². The van der Waals surface area contributed by atoms with Crippen LogP contribution >= 0.6 is 0 Å². The van der Waals surface area contributed by atoms with Crippen molar-refractivity contribution < 1.29 is 14.6 Å². The molecule has 0 amide bonds. The van der Waals surface area contributed by atoms with Gasteiger partial charge in [0.05, 0.1) is 11.8 Å². The van der Waals surface area contributed by atoms with E-state index in [1.165, 1.54) is 0 Å². The zero-order valence-electron chi connectivity index (χ0n) is 11.7. The van der Waals surface area contributed by atoms with Crippen molar-refractivity contribution in [2.24, 2.45) is 0 Å². The van der Waals surface area contributed by atoms with E-state index in [2.05, 4.69) is 4.98 Å². The molecule has 1 aliphatic carbocycles. The Labute approximate surface area is 123 Å². The van der Waals surface area contributed by atoms with Crippen LogP contribution in [-0.2, 0) is 0 Å². The van der Waals surface area contributed by atoms with Gasteiger partial charge in [0.2, 0.25) is 0 Å². The second kappa shape index (κ2) is 5.95. The molecule has 108 valence electrons. The Morgan fingerprint density at radius 2 is 1.81 bits per heavy atom. The maximum Gasteiger partial charge on any atom is 0.358 e. The number of aromatic carboxylic acids is 1. The van der Waals surface area contributed by atoms with E-state index in [1.54, 1.807) is 6.07 Å². The van der Waals surface area contributed by atoms with Crippen molar-refractivity contribution >= 4 is 5.97 Å². The number of hydrogen-bond acceptors (Lipinski definition) is 3. The number of nitrogens with zero attached hydrogens (tertiary/aromatic N) is 1. The molecular formula is C17H17NO3. The first-order chi connectivity index (χ1) is 10.2. The van der Waals surface area contributed by atoms with Crippen LogP contribution in [0.25, 0.3) is 11.3 Å². The molecule has 1 saturated carbocycles.